The molecule has 1 amide bonds. The first-order chi connectivity index (χ1) is 9.04. The van der Waals surface area contributed by atoms with Gasteiger partial charge in [0.25, 0.3) is 0 Å². The molecule has 0 N–H and O–H groups in total. The van der Waals surface area contributed by atoms with Crippen LogP contribution in [0.5, 0.6) is 0 Å². The predicted octanol–water partition coefficient (Wildman–Crippen LogP) is 2.61. The molecule has 0 spiro atoms. The number of amides is 1. The summed E-state index contributed by atoms with van der Waals surface area (Å²) in [4.78, 5) is 26.1. The van der Waals surface area contributed by atoms with Crippen molar-refractivity contribution >= 4 is 11.9 Å². The smallest absolute Gasteiger partial charge is 0.310 e. The van der Waals surface area contributed by atoms with E-state index < -0.39 is 0 Å². The number of esters is 1. The fourth-order valence-electron chi connectivity index (χ4n) is 2.33. The molecular formula is C15H27NO3. The Balaban J connectivity index is 2.62. The van der Waals surface area contributed by atoms with E-state index in [0.29, 0.717) is 19.2 Å². The molecule has 19 heavy (non-hydrogen) atoms. The van der Waals surface area contributed by atoms with Crippen LogP contribution in [0.4, 0.5) is 0 Å². The zero-order valence-electron chi connectivity index (χ0n) is 12.6. The molecule has 0 aromatic rings. The second-order valence-electron chi connectivity index (χ2n) is 5.39. The highest BCUT2D eigenvalue weighted by Crippen LogP contribution is 2.30. The molecule has 0 aliphatic heterocycles. The fraction of sp³-hybridized carbons (Fsp3) is 0.867. The van der Waals surface area contributed by atoms with Crippen LogP contribution in [0.25, 0.3) is 0 Å². The van der Waals surface area contributed by atoms with Crippen LogP contribution in [-0.2, 0) is 14.3 Å². The molecule has 1 saturated carbocycles. The zero-order chi connectivity index (χ0) is 14.4. The second-order valence-corrected chi connectivity index (χ2v) is 5.39. The molecule has 1 rings (SSSR count). The van der Waals surface area contributed by atoms with Crippen LogP contribution in [0.1, 0.15) is 53.4 Å². The van der Waals surface area contributed by atoms with E-state index in [4.69, 9.17) is 4.74 Å². The molecule has 0 radical (unpaired) electrons. The first-order valence-electron chi connectivity index (χ1n) is 7.52. The van der Waals surface area contributed by atoms with Crippen molar-refractivity contribution in [2.75, 3.05) is 13.2 Å². The number of hydrogen-bond donors (Lipinski definition) is 0. The Bertz CT molecular complexity index is 309. The van der Waals surface area contributed by atoms with Gasteiger partial charge in [0.05, 0.1) is 12.5 Å². The zero-order valence-corrected chi connectivity index (χ0v) is 12.6. The number of ether oxygens (including phenoxy) is 1. The Morgan fingerprint density at radius 2 is 1.79 bits per heavy atom. The number of nitrogens with zero attached hydrogens (tertiary/aromatic N) is 1. The summed E-state index contributed by atoms with van der Waals surface area (Å²) in [5.41, 5.74) is 0. The molecule has 0 saturated heterocycles. The first-order valence-corrected chi connectivity index (χ1v) is 7.52. The Hall–Kier alpha value is -1.06. The molecule has 0 aromatic heterocycles. The van der Waals surface area contributed by atoms with E-state index in [9.17, 15) is 9.59 Å². The molecule has 1 unspecified atom stereocenters. The topological polar surface area (TPSA) is 46.6 Å². The van der Waals surface area contributed by atoms with Crippen LogP contribution in [0.3, 0.4) is 0 Å². The predicted molar refractivity (Wildman–Crippen MR) is 74.6 cm³/mol. The van der Waals surface area contributed by atoms with E-state index in [2.05, 4.69) is 0 Å². The molecule has 1 aliphatic rings. The molecule has 1 fully saturated rings. The van der Waals surface area contributed by atoms with E-state index >= 15 is 0 Å². The van der Waals surface area contributed by atoms with Crippen molar-refractivity contribution in [2.45, 2.75) is 59.4 Å². The van der Waals surface area contributed by atoms with Gasteiger partial charge in [-0.05, 0) is 32.6 Å². The van der Waals surface area contributed by atoms with Gasteiger partial charge in [0, 0.05) is 18.5 Å². The van der Waals surface area contributed by atoms with Crippen molar-refractivity contribution in [3.8, 4) is 0 Å². The van der Waals surface area contributed by atoms with E-state index in [1.165, 1.54) is 0 Å². The Kier molecular flexibility index (Phi) is 6.32. The minimum atomic E-state index is -0.237. The average molecular weight is 269 g/mol. The van der Waals surface area contributed by atoms with Gasteiger partial charge in [0.2, 0.25) is 5.91 Å². The van der Waals surface area contributed by atoms with Crippen molar-refractivity contribution in [3.05, 3.63) is 0 Å². The molecule has 4 heteroatoms. The molecule has 4 nitrogen and oxygen atoms in total. The summed E-state index contributed by atoms with van der Waals surface area (Å²) in [5, 5.41) is 0. The van der Waals surface area contributed by atoms with Crippen molar-refractivity contribution in [1.29, 1.82) is 0 Å². The van der Waals surface area contributed by atoms with E-state index in [0.717, 1.165) is 25.7 Å². The molecule has 0 heterocycles. The number of hydrogen-bond acceptors (Lipinski definition) is 3. The standard InChI is InChI=1S/C15H27NO3/c1-5-12(6-2)14(17)16(13-8-9-13)10-11(4)15(18)19-7-3/h11-13H,5-10H2,1-4H3. The lowest BCUT2D eigenvalue weighted by Gasteiger charge is -2.28. The maximum atomic E-state index is 12.5. The van der Waals surface area contributed by atoms with Crippen LogP contribution >= 0.6 is 0 Å². The lowest BCUT2D eigenvalue weighted by Crippen LogP contribution is -2.42. The number of carbonyl (C=O) groups is 2. The van der Waals surface area contributed by atoms with E-state index in [1.807, 2.05) is 25.7 Å². The van der Waals surface area contributed by atoms with Crippen LogP contribution < -0.4 is 0 Å². The molecule has 1 atom stereocenters. The molecule has 0 aromatic carbocycles. The lowest BCUT2D eigenvalue weighted by atomic mass is 10.0. The van der Waals surface area contributed by atoms with Gasteiger partial charge in [-0.25, -0.2) is 0 Å². The quantitative estimate of drug-likeness (QED) is 0.636. The fourth-order valence-corrected chi connectivity index (χ4v) is 2.33. The lowest BCUT2D eigenvalue weighted by molar-refractivity contribution is -0.149. The summed E-state index contributed by atoms with van der Waals surface area (Å²) in [6, 6.07) is 0.352. The SMILES string of the molecule is CCOC(=O)C(C)CN(C(=O)C(CC)CC)C1CC1. The third-order valence-electron chi connectivity index (χ3n) is 3.77. The summed E-state index contributed by atoms with van der Waals surface area (Å²) < 4.78 is 5.02. The van der Waals surface area contributed by atoms with Gasteiger partial charge in [-0.3, -0.25) is 9.59 Å². The summed E-state index contributed by atoms with van der Waals surface area (Å²) in [7, 11) is 0. The van der Waals surface area contributed by atoms with Crippen LogP contribution in [0, 0.1) is 11.8 Å². The van der Waals surface area contributed by atoms with Gasteiger partial charge >= 0.3 is 5.97 Å². The van der Waals surface area contributed by atoms with Crippen LogP contribution in [-0.4, -0.2) is 36.0 Å². The van der Waals surface area contributed by atoms with Crippen molar-refractivity contribution < 1.29 is 14.3 Å². The van der Waals surface area contributed by atoms with Gasteiger partial charge in [0.15, 0.2) is 0 Å². The Labute approximate surface area is 116 Å². The molecule has 110 valence electrons. The monoisotopic (exact) mass is 269 g/mol. The van der Waals surface area contributed by atoms with Crippen molar-refractivity contribution in [1.82, 2.24) is 4.90 Å². The number of carbonyl (C=O) groups excluding carboxylic acids is 2. The highest BCUT2D eigenvalue weighted by Gasteiger charge is 2.36. The minimum Gasteiger partial charge on any atom is -0.466 e. The summed E-state index contributed by atoms with van der Waals surface area (Å²) in [6.45, 7) is 8.63. The summed E-state index contributed by atoms with van der Waals surface area (Å²) >= 11 is 0. The average Bonchev–Trinajstić information content (AvgIpc) is 3.21. The van der Waals surface area contributed by atoms with Crippen molar-refractivity contribution in [2.24, 2.45) is 11.8 Å². The molecule has 1 aliphatic carbocycles. The minimum absolute atomic E-state index is 0.0926. The largest absolute Gasteiger partial charge is 0.466 e. The third kappa shape index (κ3) is 4.51. The Morgan fingerprint density at radius 3 is 2.21 bits per heavy atom. The van der Waals surface area contributed by atoms with Gasteiger partial charge in [0.1, 0.15) is 0 Å². The second kappa shape index (κ2) is 7.51. The van der Waals surface area contributed by atoms with Gasteiger partial charge in [-0.2, -0.15) is 0 Å². The maximum absolute atomic E-state index is 12.5. The van der Waals surface area contributed by atoms with E-state index in [-0.39, 0.29) is 23.7 Å². The van der Waals surface area contributed by atoms with E-state index in [1.54, 1.807) is 6.92 Å². The first kappa shape index (κ1) is 16.0. The maximum Gasteiger partial charge on any atom is 0.310 e. The van der Waals surface area contributed by atoms with Crippen LogP contribution in [0.15, 0.2) is 0 Å². The van der Waals surface area contributed by atoms with Gasteiger partial charge < -0.3 is 9.64 Å². The normalized spacial score (nSPS) is 16.3. The van der Waals surface area contributed by atoms with Gasteiger partial charge in [-0.15, -0.1) is 0 Å². The summed E-state index contributed by atoms with van der Waals surface area (Å²) in [5.74, 6) is -0.136. The molecular weight excluding hydrogens is 242 g/mol. The summed E-state index contributed by atoms with van der Waals surface area (Å²) in [6.07, 6.45) is 3.88. The third-order valence-corrected chi connectivity index (χ3v) is 3.77. The van der Waals surface area contributed by atoms with Crippen LogP contribution in [0.2, 0.25) is 0 Å². The highest BCUT2D eigenvalue weighted by atomic mass is 16.5. The van der Waals surface area contributed by atoms with Gasteiger partial charge in [-0.1, -0.05) is 20.8 Å². The highest BCUT2D eigenvalue weighted by molar-refractivity contribution is 5.80. The number of rotatable bonds is 8. The molecule has 0 bridgehead atoms. The Morgan fingerprint density at radius 1 is 1.21 bits per heavy atom. The van der Waals surface area contributed by atoms with Crippen molar-refractivity contribution in [3.63, 3.8) is 0 Å².